The molecule has 6 heteroatoms. The molecule has 0 saturated heterocycles. The van der Waals surface area contributed by atoms with Gasteiger partial charge in [0.05, 0.1) is 12.1 Å². The molecule has 0 N–H and O–H groups in total. The van der Waals surface area contributed by atoms with E-state index in [9.17, 15) is 4.79 Å². The van der Waals surface area contributed by atoms with Crippen LogP contribution in [0.3, 0.4) is 0 Å². The van der Waals surface area contributed by atoms with Gasteiger partial charge in [0, 0.05) is 31.7 Å². The van der Waals surface area contributed by atoms with Crippen molar-refractivity contribution in [3.8, 4) is 6.07 Å². The van der Waals surface area contributed by atoms with Gasteiger partial charge in [-0.2, -0.15) is 5.26 Å². The number of thioether (sulfide) groups is 1. The highest BCUT2D eigenvalue weighted by Gasteiger charge is 2.13. The molecule has 0 radical (unpaired) electrons. The molecule has 0 spiro atoms. The number of amides is 1. The molecule has 1 heterocycles. The number of hydrogen-bond acceptors (Lipinski definition) is 5. The molecule has 0 aliphatic carbocycles. The summed E-state index contributed by atoms with van der Waals surface area (Å²) in [5.41, 5.74) is 1.60. The number of hydrogen-bond donors (Lipinski definition) is 0. The lowest BCUT2D eigenvalue weighted by Gasteiger charge is -2.22. The average Bonchev–Trinajstić information content (AvgIpc) is 2.62. The van der Waals surface area contributed by atoms with Crippen LogP contribution in [0.2, 0.25) is 0 Å². The number of pyridine rings is 1. The van der Waals surface area contributed by atoms with E-state index in [-0.39, 0.29) is 12.5 Å². The summed E-state index contributed by atoms with van der Waals surface area (Å²) in [6, 6.07) is 13.7. The van der Waals surface area contributed by atoms with Crippen molar-refractivity contribution in [1.82, 2.24) is 9.88 Å². The lowest BCUT2D eigenvalue weighted by atomic mass is 10.2. The first-order valence-electron chi connectivity index (χ1n) is 7.47. The Hall–Kier alpha value is -2.52. The van der Waals surface area contributed by atoms with Crippen LogP contribution in [0.15, 0.2) is 47.5 Å². The van der Waals surface area contributed by atoms with E-state index in [0.717, 1.165) is 5.56 Å². The maximum atomic E-state index is 12.4. The van der Waals surface area contributed by atoms with E-state index in [4.69, 9.17) is 5.26 Å². The summed E-state index contributed by atoms with van der Waals surface area (Å²) in [7, 11) is 3.61. The molecule has 0 bridgehead atoms. The first kappa shape index (κ1) is 17.8. The molecule has 1 aromatic carbocycles. The van der Waals surface area contributed by atoms with E-state index in [2.05, 4.69) is 17.1 Å². The van der Waals surface area contributed by atoms with Gasteiger partial charge in [0.25, 0.3) is 0 Å². The van der Waals surface area contributed by atoms with Crippen LogP contribution >= 0.6 is 11.8 Å². The Morgan fingerprint density at radius 2 is 1.92 bits per heavy atom. The molecule has 0 unspecified atom stereocenters. The van der Waals surface area contributed by atoms with E-state index < -0.39 is 0 Å². The molecule has 2 rings (SSSR count). The van der Waals surface area contributed by atoms with Gasteiger partial charge in [0.15, 0.2) is 0 Å². The summed E-state index contributed by atoms with van der Waals surface area (Å²) in [5, 5.41) is 8.79. The van der Waals surface area contributed by atoms with Gasteiger partial charge in [-0.3, -0.25) is 4.79 Å². The number of likely N-dealkylation sites (N-methyl/N-ethyl adjacent to an activating group) is 2. The molecule has 0 fully saturated rings. The van der Waals surface area contributed by atoms with Crippen molar-refractivity contribution in [2.45, 2.75) is 11.4 Å². The predicted octanol–water partition coefficient (Wildman–Crippen LogP) is 2.77. The highest BCUT2D eigenvalue weighted by atomic mass is 32.2. The number of benzene rings is 1. The van der Waals surface area contributed by atoms with E-state index in [0.29, 0.717) is 17.9 Å². The minimum absolute atomic E-state index is 0.0117. The Balaban J connectivity index is 1.93. The quantitative estimate of drug-likeness (QED) is 0.757. The molecule has 1 aromatic heterocycles. The molecule has 24 heavy (non-hydrogen) atoms. The summed E-state index contributed by atoms with van der Waals surface area (Å²) in [5.74, 6) is 0.678. The average molecular weight is 340 g/mol. The van der Waals surface area contributed by atoms with Crippen LogP contribution in [0.1, 0.15) is 11.1 Å². The van der Waals surface area contributed by atoms with E-state index in [1.807, 2.05) is 31.5 Å². The second kappa shape index (κ2) is 8.37. The number of rotatable bonds is 6. The van der Waals surface area contributed by atoms with Crippen molar-refractivity contribution in [3.05, 3.63) is 53.7 Å². The van der Waals surface area contributed by atoms with Gasteiger partial charge in [-0.1, -0.05) is 12.1 Å². The Bertz CT molecular complexity index is 722. The van der Waals surface area contributed by atoms with Crippen LogP contribution in [0.5, 0.6) is 0 Å². The van der Waals surface area contributed by atoms with Crippen LogP contribution in [0.4, 0.5) is 5.82 Å². The molecule has 1 amide bonds. The van der Waals surface area contributed by atoms with Gasteiger partial charge in [-0.15, -0.1) is 11.8 Å². The van der Waals surface area contributed by atoms with Crippen molar-refractivity contribution in [2.75, 3.05) is 31.8 Å². The third-order valence-electron chi connectivity index (χ3n) is 3.65. The second-order valence-electron chi connectivity index (χ2n) is 5.47. The number of carbonyl (C=O) groups excluding carboxylic acids is 1. The van der Waals surface area contributed by atoms with Crippen LogP contribution < -0.4 is 4.90 Å². The topological polar surface area (TPSA) is 60.2 Å². The molecule has 0 atom stereocenters. The number of anilines is 1. The van der Waals surface area contributed by atoms with E-state index in [1.165, 1.54) is 11.1 Å². The highest BCUT2D eigenvalue weighted by Crippen LogP contribution is 2.16. The Morgan fingerprint density at radius 1 is 1.21 bits per heavy atom. The zero-order chi connectivity index (χ0) is 17.5. The molecule has 124 valence electrons. The Kier molecular flexibility index (Phi) is 6.21. The molecular weight excluding hydrogens is 320 g/mol. The van der Waals surface area contributed by atoms with E-state index in [1.54, 1.807) is 40.7 Å². The van der Waals surface area contributed by atoms with Gasteiger partial charge < -0.3 is 9.80 Å². The summed E-state index contributed by atoms with van der Waals surface area (Å²) in [6.07, 6.45) is 3.55. The van der Waals surface area contributed by atoms with Gasteiger partial charge in [-0.25, -0.2) is 4.98 Å². The minimum atomic E-state index is 0.0117. The Labute approximate surface area is 146 Å². The summed E-state index contributed by atoms with van der Waals surface area (Å²) in [6.45, 7) is 0.806. The van der Waals surface area contributed by atoms with E-state index >= 15 is 0 Å². The van der Waals surface area contributed by atoms with Crippen molar-refractivity contribution in [3.63, 3.8) is 0 Å². The lowest BCUT2D eigenvalue weighted by molar-refractivity contribution is -0.128. The zero-order valence-corrected chi connectivity index (χ0v) is 14.9. The van der Waals surface area contributed by atoms with Crippen molar-refractivity contribution >= 4 is 23.5 Å². The highest BCUT2D eigenvalue weighted by molar-refractivity contribution is 7.98. The normalized spacial score (nSPS) is 10.1. The maximum Gasteiger partial charge on any atom is 0.242 e. The third-order valence-corrected chi connectivity index (χ3v) is 4.39. The molecule has 0 saturated carbocycles. The van der Waals surface area contributed by atoms with Crippen LogP contribution in [0, 0.1) is 11.3 Å². The predicted molar refractivity (Wildman–Crippen MR) is 96.9 cm³/mol. The number of nitriles is 1. The van der Waals surface area contributed by atoms with Gasteiger partial charge in [0.2, 0.25) is 5.91 Å². The smallest absolute Gasteiger partial charge is 0.242 e. The standard InChI is InChI=1S/C18H20N4OS/c1-21(17-9-6-15(10-19)11-20-17)13-18(23)22(2)12-14-4-7-16(24-3)8-5-14/h4-9,11H,12-13H2,1-3H3. The summed E-state index contributed by atoms with van der Waals surface area (Å²) < 4.78 is 0. The van der Waals surface area contributed by atoms with Gasteiger partial charge in [-0.05, 0) is 36.1 Å². The third kappa shape index (κ3) is 4.74. The van der Waals surface area contributed by atoms with Crippen molar-refractivity contribution in [1.29, 1.82) is 5.26 Å². The van der Waals surface area contributed by atoms with Crippen molar-refractivity contribution < 1.29 is 4.79 Å². The first-order valence-corrected chi connectivity index (χ1v) is 8.70. The molecule has 5 nitrogen and oxygen atoms in total. The fourth-order valence-corrected chi connectivity index (χ4v) is 2.58. The Morgan fingerprint density at radius 3 is 2.46 bits per heavy atom. The SMILES string of the molecule is CSc1ccc(CN(C)C(=O)CN(C)c2ccc(C#N)cn2)cc1. The largest absolute Gasteiger partial charge is 0.350 e. The zero-order valence-electron chi connectivity index (χ0n) is 14.1. The number of aromatic nitrogens is 1. The fourth-order valence-electron chi connectivity index (χ4n) is 2.18. The van der Waals surface area contributed by atoms with Gasteiger partial charge >= 0.3 is 0 Å². The lowest BCUT2D eigenvalue weighted by Crippen LogP contribution is -2.36. The second-order valence-corrected chi connectivity index (χ2v) is 6.35. The number of nitrogens with zero attached hydrogens (tertiary/aromatic N) is 4. The molecule has 2 aromatic rings. The first-order chi connectivity index (χ1) is 11.5. The van der Waals surface area contributed by atoms with Gasteiger partial charge in [0.1, 0.15) is 11.9 Å². The molecule has 0 aliphatic rings. The van der Waals surface area contributed by atoms with Crippen molar-refractivity contribution in [2.24, 2.45) is 0 Å². The fraction of sp³-hybridized carbons (Fsp3) is 0.278. The maximum absolute atomic E-state index is 12.4. The van der Waals surface area contributed by atoms with Crippen LogP contribution in [-0.2, 0) is 11.3 Å². The monoisotopic (exact) mass is 340 g/mol. The summed E-state index contributed by atoms with van der Waals surface area (Å²) in [4.78, 5) is 21.3. The molecule has 0 aliphatic heterocycles. The number of carbonyl (C=O) groups is 1. The minimum Gasteiger partial charge on any atom is -0.350 e. The van der Waals surface area contributed by atoms with Crippen LogP contribution in [0.25, 0.3) is 0 Å². The molecular formula is C18H20N4OS. The van der Waals surface area contributed by atoms with Crippen LogP contribution in [-0.4, -0.2) is 42.7 Å². The summed E-state index contributed by atoms with van der Waals surface area (Å²) >= 11 is 1.70.